The first-order valence-corrected chi connectivity index (χ1v) is 12.5. The van der Waals surface area contributed by atoms with Gasteiger partial charge in [-0.15, -0.1) is 0 Å². The van der Waals surface area contributed by atoms with Crippen LogP contribution in [0.3, 0.4) is 0 Å². The van der Waals surface area contributed by atoms with E-state index in [1.807, 2.05) is 6.92 Å². The van der Waals surface area contributed by atoms with Gasteiger partial charge in [0.15, 0.2) is 6.61 Å². The SMILES string of the molecule is Cc1ncnc2c1C1CCC(CC1)OCC1[C@@H](NS(C)(=O)=O)CCCN1C(=O)CO2. The minimum atomic E-state index is -3.40. The van der Waals surface area contributed by atoms with Crippen molar-refractivity contribution < 1.29 is 22.7 Å². The van der Waals surface area contributed by atoms with E-state index in [1.54, 1.807) is 4.90 Å². The van der Waals surface area contributed by atoms with Gasteiger partial charge in [0.2, 0.25) is 15.9 Å². The average molecular weight is 439 g/mol. The maximum atomic E-state index is 13.1. The molecule has 30 heavy (non-hydrogen) atoms. The van der Waals surface area contributed by atoms with Gasteiger partial charge >= 0.3 is 0 Å². The van der Waals surface area contributed by atoms with Crippen molar-refractivity contribution in [1.82, 2.24) is 19.6 Å². The fourth-order valence-corrected chi connectivity index (χ4v) is 5.82. The first kappa shape index (κ1) is 21.5. The lowest BCUT2D eigenvalue weighted by Crippen LogP contribution is -2.59. The molecule has 1 saturated carbocycles. The number of ether oxygens (including phenoxy) is 2. The smallest absolute Gasteiger partial charge is 0.260 e. The molecule has 2 bridgehead atoms. The summed E-state index contributed by atoms with van der Waals surface area (Å²) in [6.07, 6.45) is 7.83. The number of carbonyl (C=O) groups is 1. The number of fused-ring (bicyclic) bond motifs is 5. The molecule has 1 saturated heterocycles. The van der Waals surface area contributed by atoms with Crippen LogP contribution < -0.4 is 9.46 Å². The number of aromatic nitrogens is 2. The molecule has 2 fully saturated rings. The highest BCUT2D eigenvalue weighted by Crippen LogP contribution is 2.39. The van der Waals surface area contributed by atoms with Gasteiger partial charge in [0, 0.05) is 23.8 Å². The van der Waals surface area contributed by atoms with Crippen molar-refractivity contribution >= 4 is 15.9 Å². The van der Waals surface area contributed by atoms with Gasteiger partial charge in [0.25, 0.3) is 5.91 Å². The highest BCUT2D eigenvalue weighted by molar-refractivity contribution is 7.88. The number of hydrogen-bond acceptors (Lipinski definition) is 7. The number of piperidine rings is 1. The molecule has 0 radical (unpaired) electrons. The van der Waals surface area contributed by atoms with Crippen LogP contribution in [0.5, 0.6) is 5.88 Å². The second-order valence-electron chi connectivity index (χ2n) is 8.57. The molecular formula is C20H30N4O5S. The van der Waals surface area contributed by atoms with Crippen molar-refractivity contribution in [1.29, 1.82) is 0 Å². The van der Waals surface area contributed by atoms with Crippen molar-refractivity contribution in [2.24, 2.45) is 0 Å². The van der Waals surface area contributed by atoms with Gasteiger partial charge in [-0.2, -0.15) is 0 Å². The summed E-state index contributed by atoms with van der Waals surface area (Å²) in [5.41, 5.74) is 1.88. The second kappa shape index (κ2) is 8.76. The van der Waals surface area contributed by atoms with E-state index in [4.69, 9.17) is 9.47 Å². The van der Waals surface area contributed by atoms with Crippen LogP contribution >= 0.6 is 0 Å². The molecule has 2 atom stereocenters. The van der Waals surface area contributed by atoms with E-state index >= 15 is 0 Å². The molecule has 4 aliphatic rings. The number of carbonyl (C=O) groups excluding carboxylic acids is 1. The normalized spacial score (nSPS) is 30.3. The Kier molecular flexibility index (Phi) is 6.26. The number of nitrogens with zero attached hydrogens (tertiary/aromatic N) is 3. The molecule has 0 aromatic carbocycles. The number of sulfonamides is 1. The fourth-order valence-electron chi connectivity index (χ4n) is 5.00. The zero-order valence-electron chi connectivity index (χ0n) is 17.5. The summed E-state index contributed by atoms with van der Waals surface area (Å²) >= 11 is 0. The van der Waals surface area contributed by atoms with Gasteiger partial charge < -0.3 is 14.4 Å². The quantitative estimate of drug-likeness (QED) is 0.737. The van der Waals surface area contributed by atoms with Crippen LogP contribution in [0, 0.1) is 6.92 Å². The summed E-state index contributed by atoms with van der Waals surface area (Å²) in [5, 5.41) is 0. The molecule has 1 unspecified atom stereocenters. The summed E-state index contributed by atoms with van der Waals surface area (Å²) in [5.74, 6) is 0.593. The van der Waals surface area contributed by atoms with Crippen molar-refractivity contribution in [2.45, 2.75) is 69.6 Å². The van der Waals surface area contributed by atoms with Crippen LogP contribution in [-0.4, -0.2) is 73.4 Å². The number of rotatable bonds is 2. The minimum Gasteiger partial charge on any atom is -0.467 e. The molecule has 166 valence electrons. The fraction of sp³-hybridized carbons (Fsp3) is 0.750. The van der Waals surface area contributed by atoms with E-state index in [-0.39, 0.29) is 30.7 Å². The monoisotopic (exact) mass is 438 g/mol. The van der Waals surface area contributed by atoms with Crippen LogP contribution in [-0.2, 0) is 19.6 Å². The van der Waals surface area contributed by atoms with Gasteiger partial charge in [0.1, 0.15) is 6.33 Å². The standard InChI is InChI=1S/C20H30N4O5S/c1-13-19-14-5-7-15(8-6-14)28-10-17-16(23-30(2,26)27)4-3-9-24(17)18(25)11-29-20(19)22-12-21-13/h12,14-17,23H,3-11H2,1-2H3/t14?,15?,16-,17?/m0/s1. The lowest BCUT2D eigenvalue weighted by Gasteiger charge is -2.41. The Hall–Kier alpha value is -1.78. The molecule has 1 amide bonds. The molecule has 10 heteroatoms. The molecule has 1 aliphatic carbocycles. The minimum absolute atomic E-state index is 0.106. The second-order valence-corrected chi connectivity index (χ2v) is 10.3. The summed E-state index contributed by atoms with van der Waals surface area (Å²) in [6, 6.07) is -0.717. The van der Waals surface area contributed by atoms with E-state index < -0.39 is 10.0 Å². The first-order chi connectivity index (χ1) is 14.3. The largest absolute Gasteiger partial charge is 0.467 e. The van der Waals surface area contributed by atoms with Crippen molar-refractivity contribution in [3.63, 3.8) is 0 Å². The Morgan fingerprint density at radius 3 is 2.67 bits per heavy atom. The third-order valence-electron chi connectivity index (χ3n) is 6.43. The van der Waals surface area contributed by atoms with E-state index in [2.05, 4.69) is 14.7 Å². The Balaban J connectivity index is 1.63. The van der Waals surface area contributed by atoms with Gasteiger partial charge in [-0.1, -0.05) is 0 Å². The van der Waals surface area contributed by atoms with Gasteiger partial charge in [0.05, 0.1) is 25.0 Å². The van der Waals surface area contributed by atoms with E-state index in [1.165, 1.54) is 6.33 Å². The summed E-state index contributed by atoms with van der Waals surface area (Å²) in [4.78, 5) is 23.4. The number of nitrogens with one attached hydrogen (secondary N) is 1. The molecular weight excluding hydrogens is 408 g/mol. The number of aryl methyl sites for hydroxylation is 1. The van der Waals surface area contributed by atoms with Crippen molar-refractivity contribution in [3.05, 3.63) is 17.6 Å². The molecule has 1 aromatic rings. The number of amides is 1. The molecule has 4 heterocycles. The first-order valence-electron chi connectivity index (χ1n) is 10.6. The molecule has 3 aliphatic heterocycles. The third-order valence-corrected chi connectivity index (χ3v) is 7.16. The Bertz CT molecular complexity index is 885. The topological polar surface area (TPSA) is 111 Å². The summed E-state index contributed by atoms with van der Waals surface area (Å²) in [6.45, 7) is 2.69. The van der Waals surface area contributed by atoms with E-state index in [0.29, 0.717) is 31.4 Å². The zero-order chi connectivity index (χ0) is 21.3. The number of hydrogen-bond donors (Lipinski definition) is 1. The highest BCUT2D eigenvalue weighted by atomic mass is 32.2. The van der Waals surface area contributed by atoms with Gasteiger partial charge in [-0.25, -0.2) is 23.1 Å². The van der Waals surface area contributed by atoms with E-state index in [0.717, 1.165) is 49.6 Å². The Labute approximate surface area is 177 Å². The maximum absolute atomic E-state index is 13.1. The van der Waals surface area contributed by atoms with Crippen molar-refractivity contribution in [3.8, 4) is 5.88 Å². The van der Waals surface area contributed by atoms with E-state index in [9.17, 15) is 13.2 Å². The third kappa shape index (κ3) is 4.76. The van der Waals surface area contributed by atoms with Crippen LogP contribution in [0.4, 0.5) is 0 Å². The Morgan fingerprint density at radius 2 is 1.93 bits per heavy atom. The lowest BCUT2D eigenvalue weighted by atomic mass is 9.82. The van der Waals surface area contributed by atoms with Gasteiger partial charge in [-0.05, 0) is 51.4 Å². The molecule has 0 spiro atoms. The van der Waals surface area contributed by atoms with Crippen LogP contribution in [0.15, 0.2) is 6.33 Å². The van der Waals surface area contributed by atoms with Crippen LogP contribution in [0.1, 0.15) is 55.7 Å². The summed E-state index contributed by atoms with van der Waals surface area (Å²) in [7, 11) is -3.40. The highest BCUT2D eigenvalue weighted by Gasteiger charge is 2.38. The molecule has 1 aromatic heterocycles. The molecule has 5 rings (SSSR count). The molecule has 9 nitrogen and oxygen atoms in total. The van der Waals surface area contributed by atoms with Crippen LogP contribution in [0.25, 0.3) is 0 Å². The lowest BCUT2D eigenvalue weighted by molar-refractivity contribution is -0.140. The average Bonchev–Trinajstić information content (AvgIpc) is 2.71. The zero-order valence-corrected chi connectivity index (χ0v) is 18.4. The summed E-state index contributed by atoms with van der Waals surface area (Å²) < 4.78 is 38.6. The Morgan fingerprint density at radius 1 is 1.17 bits per heavy atom. The predicted molar refractivity (Wildman–Crippen MR) is 110 cm³/mol. The van der Waals surface area contributed by atoms with Gasteiger partial charge in [-0.3, -0.25) is 4.79 Å². The van der Waals surface area contributed by atoms with Crippen LogP contribution in [0.2, 0.25) is 0 Å². The maximum Gasteiger partial charge on any atom is 0.260 e. The predicted octanol–water partition coefficient (Wildman–Crippen LogP) is 1.13. The molecule has 1 N–H and O–H groups in total. The van der Waals surface area contributed by atoms with Crippen molar-refractivity contribution in [2.75, 3.05) is 26.0 Å².